The fraction of sp³-hybridized carbons (Fsp3) is 0.737. The van der Waals surface area contributed by atoms with Crippen molar-refractivity contribution in [2.24, 2.45) is 0 Å². The Hall–Kier alpha value is 0.0831. The summed E-state index contributed by atoms with van der Waals surface area (Å²) in [5.41, 5.74) is 10.0. The summed E-state index contributed by atoms with van der Waals surface area (Å²) >= 11 is -0.826. The molecule has 0 bridgehead atoms. The fourth-order valence-corrected chi connectivity index (χ4v) is 6.33. The van der Waals surface area contributed by atoms with Gasteiger partial charge in [-0.05, 0) is 54.4 Å². The number of ether oxygens (including phenoxy) is 2. The molecule has 43 heavy (non-hydrogen) atoms. The summed E-state index contributed by atoms with van der Waals surface area (Å²) in [4.78, 5) is 0. The Kier molecular flexibility index (Phi) is 19.9. The van der Waals surface area contributed by atoms with Crippen LogP contribution in [0.5, 0.6) is 0 Å². The van der Waals surface area contributed by atoms with Crippen LogP contribution in [0.4, 0.5) is 0 Å². The predicted octanol–water partition coefficient (Wildman–Crippen LogP) is 11.8. The molecule has 0 saturated carbocycles. The van der Waals surface area contributed by atoms with Crippen molar-refractivity contribution >= 4 is 17.0 Å². The second-order valence-electron chi connectivity index (χ2n) is 14.5. The number of unbranched alkanes of at least 4 members (excludes halogenated alkanes) is 6. The van der Waals surface area contributed by atoms with Crippen molar-refractivity contribution in [3.63, 3.8) is 0 Å². The quantitative estimate of drug-likeness (QED) is 0.143. The number of aryl methyl sites for hydroxylation is 4. The maximum atomic E-state index is 5.76. The first-order valence-corrected chi connectivity index (χ1v) is 23.6. The topological polar surface area (TPSA) is 18.5 Å². The maximum absolute atomic E-state index is 5.76. The molecule has 2 aliphatic rings. The van der Waals surface area contributed by atoms with E-state index in [-0.39, 0.29) is 11.2 Å². The van der Waals surface area contributed by atoms with Crippen LogP contribution in [-0.2, 0) is 68.8 Å². The molecule has 2 aromatic rings. The number of fused-ring (bicyclic) bond motifs is 2. The Labute approximate surface area is 284 Å². The van der Waals surface area contributed by atoms with Crippen molar-refractivity contribution in [2.45, 2.75) is 168 Å². The molecule has 0 aromatic heterocycles. The summed E-state index contributed by atoms with van der Waals surface area (Å²) in [5, 5.41) is 0. The zero-order valence-corrected chi connectivity index (χ0v) is 32.5. The number of rotatable bonds is 14. The molecule has 0 aliphatic heterocycles. The van der Waals surface area contributed by atoms with E-state index in [0.29, 0.717) is 0 Å². The standard InChI is InChI=1S/2C19H31O.2ClH.Zr/c2*1-19(2,3)20-15-9-5-4-6-10-16-13-14-17-11-7-8-12-18(16)17;;;/h2*13-14H,4-12,15H2,1-3H3;2*1H;/q2*-1;;;+4/p-2. The molecule has 2 aliphatic carbocycles. The van der Waals surface area contributed by atoms with Crippen molar-refractivity contribution < 1.29 is 30.3 Å². The van der Waals surface area contributed by atoms with Gasteiger partial charge in [0.15, 0.2) is 0 Å². The molecule has 4 rings (SSSR count). The van der Waals surface area contributed by atoms with Crippen LogP contribution in [0.25, 0.3) is 0 Å². The molecular formula is C38H62Cl2O2Zr. The predicted molar refractivity (Wildman–Crippen MR) is 185 cm³/mol. The first kappa shape index (κ1) is 39.3. The molecule has 5 heteroatoms. The Morgan fingerprint density at radius 1 is 0.581 bits per heavy atom. The van der Waals surface area contributed by atoms with Crippen LogP contribution in [0.1, 0.15) is 152 Å². The van der Waals surface area contributed by atoms with Crippen LogP contribution in [-0.4, -0.2) is 24.4 Å². The van der Waals surface area contributed by atoms with Crippen molar-refractivity contribution in [2.75, 3.05) is 13.2 Å². The van der Waals surface area contributed by atoms with Gasteiger partial charge in [0.05, 0.1) is 11.2 Å². The number of hydrogen-bond donors (Lipinski definition) is 0. The molecule has 0 spiro atoms. The van der Waals surface area contributed by atoms with E-state index in [1.807, 2.05) is 0 Å². The molecule has 0 unspecified atom stereocenters. The van der Waals surface area contributed by atoms with Crippen LogP contribution < -0.4 is 0 Å². The average Bonchev–Trinajstić information content (AvgIpc) is 3.56. The normalized spacial score (nSPS) is 14.5. The average molecular weight is 713 g/mol. The van der Waals surface area contributed by atoms with Gasteiger partial charge in [-0.25, -0.2) is 0 Å². The van der Waals surface area contributed by atoms with Gasteiger partial charge in [-0.2, -0.15) is 57.6 Å². The third-order valence-electron chi connectivity index (χ3n) is 8.52. The van der Waals surface area contributed by atoms with E-state index in [9.17, 15) is 0 Å². The number of halogens is 2. The SMILES string of the molecule is CC(C)(C)OCCCCCCc1c[cH-]c2c1CCCC2.CC(C)(C)OCCCCCCc1c[cH-]c2c1CCCC2.[Cl][Zr+2][Cl]. The molecule has 244 valence electrons. The molecule has 0 fully saturated rings. The zero-order valence-electron chi connectivity index (χ0n) is 28.5. The molecule has 0 saturated heterocycles. The van der Waals surface area contributed by atoms with E-state index in [0.717, 1.165) is 13.2 Å². The van der Waals surface area contributed by atoms with Gasteiger partial charge >= 0.3 is 37.9 Å². The fourth-order valence-electron chi connectivity index (χ4n) is 6.33. The van der Waals surface area contributed by atoms with Crippen molar-refractivity contribution in [1.29, 1.82) is 0 Å². The monoisotopic (exact) mass is 710 g/mol. The van der Waals surface area contributed by atoms with Gasteiger partial charge in [0.25, 0.3) is 0 Å². The summed E-state index contributed by atoms with van der Waals surface area (Å²) in [5.74, 6) is 0. The number of hydrogen-bond acceptors (Lipinski definition) is 2. The minimum absolute atomic E-state index is 0.0222. The molecule has 0 N–H and O–H groups in total. The molecule has 0 radical (unpaired) electrons. The molecular weight excluding hydrogens is 651 g/mol. The Morgan fingerprint density at radius 3 is 1.30 bits per heavy atom. The Bertz CT molecular complexity index is 901. The van der Waals surface area contributed by atoms with E-state index in [2.05, 4.69) is 65.8 Å². The van der Waals surface area contributed by atoms with Crippen LogP contribution in [0, 0.1) is 0 Å². The first-order valence-electron chi connectivity index (χ1n) is 17.3. The van der Waals surface area contributed by atoms with E-state index in [4.69, 9.17) is 26.5 Å². The Balaban J connectivity index is 0.000000275. The van der Waals surface area contributed by atoms with Gasteiger partial charge in [0.2, 0.25) is 0 Å². The van der Waals surface area contributed by atoms with Gasteiger partial charge in [0.1, 0.15) is 0 Å². The van der Waals surface area contributed by atoms with Crippen LogP contribution >= 0.6 is 17.0 Å². The van der Waals surface area contributed by atoms with Crippen LogP contribution in [0.15, 0.2) is 24.3 Å². The van der Waals surface area contributed by atoms with E-state index in [1.165, 1.54) is 116 Å². The third kappa shape index (κ3) is 17.5. The second-order valence-corrected chi connectivity index (χ2v) is 18.2. The molecule has 0 atom stereocenters. The van der Waals surface area contributed by atoms with E-state index < -0.39 is 20.8 Å². The first-order chi connectivity index (χ1) is 20.5. The van der Waals surface area contributed by atoms with Gasteiger partial charge < -0.3 is 9.47 Å². The third-order valence-corrected chi connectivity index (χ3v) is 8.52. The van der Waals surface area contributed by atoms with Crippen molar-refractivity contribution in [3.8, 4) is 0 Å². The van der Waals surface area contributed by atoms with Gasteiger partial charge in [-0.3, -0.25) is 0 Å². The zero-order chi connectivity index (χ0) is 31.6. The Morgan fingerprint density at radius 2 is 0.930 bits per heavy atom. The van der Waals surface area contributed by atoms with Crippen molar-refractivity contribution in [1.82, 2.24) is 0 Å². The summed E-state index contributed by atoms with van der Waals surface area (Å²) in [6, 6.07) is 9.53. The molecule has 2 nitrogen and oxygen atoms in total. The second kappa shape index (κ2) is 21.8. The minimum atomic E-state index is -0.826. The van der Waals surface area contributed by atoms with Crippen LogP contribution in [0.3, 0.4) is 0 Å². The van der Waals surface area contributed by atoms with Gasteiger partial charge in [-0.1, -0.05) is 103 Å². The summed E-state index contributed by atoms with van der Waals surface area (Å²) in [6.07, 6.45) is 23.8. The molecule has 2 aromatic carbocycles. The van der Waals surface area contributed by atoms with Gasteiger partial charge in [-0.15, -0.1) is 0 Å². The molecule has 0 heterocycles. The van der Waals surface area contributed by atoms with Crippen molar-refractivity contribution in [3.05, 3.63) is 57.6 Å². The van der Waals surface area contributed by atoms with Crippen LogP contribution in [0.2, 0.25) is 0 Å². The summed E-state index contributed by atoms with van der Waals surface area (Å²) in [6.45, 7) is 14.6. The van der Waals surface area contributed by atoms with E-state index >= 15 is 0 Å². The van der Waals surface area contributed by atoms with Gasteiger partial charge in [0, 0.05) is 13.2 Å². The summed E-state index contributed by atoms with van der Waals surface area (Å²) < 4.78 is 11.5. The summed E-state index contributed by atoms with van der Waals surface area (Å²) in [7, 11) is 9.87. The molecule has 0 amide bonds. The van der Waals surface area contributed by atoms with E-state index in [1.54, 1.807) is 33.4 Å².